The molecule has 0 spiro atoms. The van der Waals surface area contributed by atoms with Crippen LogP contribution in [0.3, 0.4) is 0 Å². The number of nitrogens with two attached hydrogens (primary N) is 1. The first-order valence-electron chi connectivity index (χ1n) is 10.5. The van der Waals surface area contributed by atoms with E-state index >= 15 is 4.39 Å². The summed E-state index contributed by atoms with van der Waals surface area (Å²) in [5.74, 6) is -0.305. The highest BCUT2D eigenvalue weighted by Crippen LogP contribution is 2.32. The largest absolute Gasteiger partial charge is 0.491 e. The van der Waals surface area contributed by atoms with Crippen LogP contribution in [0.25, 0.3) is 5.95 Å². The van der Waals surface area contributed by atoms with Crippen molar-refractivity contribution in [1.82, 2.24) is 24.7 Å². The number of H-pyrrole nitrogens is 1. The van der Waals surface area contributed by atoms with Gasteiger partial charge in [-0.2, -0.15) is 0 Å². The van der Waals surface area contributed by atoms with Crippen LogP contribution in [0.15, 0.2) is 59.7 Å². The molecule has 2 aromatic heterocycles. The van der Waals surface area contributed by atoms with Gasteiger partial charge in [0.1, 0.15) is 11.9 Å². The maximum atomic E-state index is 15.5. The number of hydrogen-bond donors (Lipinski definition) is 4. The van der Waals surface area contributed by atoms with Gasteiger partial charge in [-0.3, -0.25) is 10.4 Å². The molecule has 0 amide bonds. The Hall–Kier alpha value is -4.54. The van der Waals surface area contributed by atoms with Crippen LogP contribution in [-0.2, 0) is 0 Å². The lowest BCUT2D eigenvalue weighted by Crippen LogP contribution is -2.18. The van der Waals surface area contributed by atoms with Crippen molar-refractivity contribution in [1.29, 1.82) is 5.41 Å². The van der Waals surface area contributed by atoms with Crippen molar-refractivity contribution in [2.45, 2.75) is 19.9 Å². The number of halogens is 1. The van der Waals surface area contributed by atoms with Crippen molar-refractivity contribution in [3.8, 4) is 11.7 Å². The lowest BCUT2D eigenvalue weighted by atomic mass is 10.0. The molecule has 0 saturated carbocycles. The van der Waals surface area contributed by atoms with Gasteiger partial charge in [-0.25, -0.2) is 19.2 Å². The minimum absolute atomic E-state index is 0.0693. The van der Waals surface area contributed by atoms with E-state index in [1.54, 1.807) is 49.4 Å². The molecule has 0 aliphatic heterocycles. The summed E-state index contributed by atoms with van der Waals surface area (Å²) in [6, 6.07) is 10.7. The maximum Gasteiger partial charge on any atom is 0.350 e. The molecule has 1 atom stereocenters. The van der Waals surface area contributed by atoms with Gasteiger partial charge in [-0.05, 0) is 55.8 Å². The molecule has 0 aliphatic carbocycles. The summed E-state index contributed by atoms with van der Waals surface area (Å²) in [4.78, 5) is 23.4. The fraction of sp³-hybridized carbons (Fsp3) is 0.174. The molecule has 0 radical (unpaired) electrons. The number of hydrogen-bond acceptors (Lipinski definition) is 7. The highest BCUT2D eigenvalue weighted by Gasteiger charge is 2.26. The normalized spacial score (nSPS) is 11.7. The first-order chi connectivity index (χ1) is 16.4. The van der Waals surface area contributed by atoms with Crippen LogP contribution in [0.4, 0.5) is 10.1 Å². The molecule has 11 heteroatoms. The Morgan fingerprint density at radius 2 is 1.97 bits per heavy atom. The number of ether oxygens (including phenoxy) is 1. The third-order valence-electron chi connectivity index (χ3n) is 4.98. The molecule has 174 valence electrons. The van der Waals surface area contributed by atoms with Crippen LogP contribution in [0.1, 0.15) is 35.5 Å². The highest BCUT2D eigenvalue weighted by molar-refractivity contribution is 5.95. The molecule has 2 aromatic carbocycles. The minimum atomic E-state index is -0.889. The lowest BCUT2D eigenvalue weighted by molar-refractivity contribution is 0.319. The predicted octanol–water partition coefficient (Wildman–Crippen LogP) is 2.68. The van der Waals surface area contributed by atoms with E-state index in [0.29, 0.717) is 17.9 Å². The number of benzene rings is 2. The molecule has 4 aromatic rings. The standard InChI is InChI=1S/C23H23FN8O2/c1-3-34-17-12-13(2)11-16(18(17)24)19(29-15-7-5-14(6-8-15)20(25)26)21-30-23(33)32(31-21)22-27-9-4-10-28-22/h4-12,19,29H,3H2,1-2H3,(H3,25,26)(H,30,31,33). The molecule has 0 aliphatic rings. The Kier molecular flexibility index (Phi) is 6.35. The zero-order valence-corrected chi connectivity index (χ0v) is 18.5. The molecule has 0 saturated heterocycles. The van der Waals surface area contributed by atoms with Crippen LogP contribution in [0, 0.1) is 18.2 Å². The van der Waals surface area contributed by atoms with Crippen molar-refractivity contribution in [2.24, 2.45) is 5.73 Å². The minimum Gasteiger partial charge on any atom is -0.491 e. The number of amidine groups is 1. The van der Waals surface area contributed by atoms with Gasteiger partial charge in [0.15, 0.2) is 17.4 Å². The Balaban J connectivity index is 1.83. The van der Waals surface area contributed by atoms with Gasteiger partial charge in [-0.1, -0.05) is 6.07 Å². The number of aryl methyl sites for hydroxylation is 1. The van der Waals surface area contributed by atoms with Gasteiger partial charge in [-0.15, -0.1) is 9.78 Å². The van der Waals surface area contributed by atoms with Crippen molar-refractivity contribution in [3.05, 3.63) is 93.7 Å². The quantitative estimate of drug-likeness (QED) is 0.232. The van der Waals surface area contributed by atoms with E-state index in [2.05, 4.69) is 25.4 Å². The van der Waals surface area contributed by atoms with Gasteiger partial charge < -0.3 is 15.8 Å². The first kappa shape index (κ1) is 22.6. The van der Waals surface area contributed by atoms with Crippen molar-refractivity contribution in [2.75, 3.05) is 11.9 Å². The maximum absolute atomic E-state index is 15.5. The van der Waals surface area contributed by atoms with E-state index in [0.717, 1.165) is 10.2 Å². The number of rotatable bonds is 8. The molecule has 1 unspecified atom stereocenters. The lowest BCUT2D eigenvalue weighted by Gasteiger charge is -2.21. The van der Waals surface area contributed by atoms with Gasteiger partial charge in [0.25, 0.3) is 5.95 Å². The third-order valence-corrected chi connectivity index (χ3v) is 4.98. The molecule has 5 N–H and O–H groups in total. The number of nitrogens with one attached hydrogen (secondary N) is 3. The van der Waals surface area contributed by atoms with E-state index in [4.69, 9.17) is 15.9 Å². The first-order valence-corrected chi connectivity index (χ1v) is 10.5. The topological polar surface area (TPSA) is 148 Å². The monoisotopic (exact) mass is 462 g/mol. The summed E-state index contributed by atoms with van der Waals surface area (Å²) in [7, 11) is 0. The zero-order chi connectivity index (χ0) is 24.2. The third kappa shape index (κ3) is 4.63. The smallest absolute Gasteiger partial charge is 0.350 e. The average molecular weight is 462 g/mol. The summed E-state index contributed by atoms with van der Waals surface area (Å²) in [5, 5.41) is 15.1. The summed E-state index contributed by atoms with van der Waals surface area (Å²) >= 11 is 0. The molecule has 0 fully saturated rings. The number of nitrogens with zero attached hydrogens (tertiary/aromatic N) is 4. The Morgan fingerprint density at radius 1 is 1.26 bits per heavy atom. The van der Waals surface area contributed by atoms with Crippen LogP contribution < -0.4 is 21.5 Å². The molecule has 10 nitrogen and oxygen atoms in total. The zero-order valence-electron chi connectivity index (χ0n) is 18.5. The number of aromatic amines is 1. The molecular weight excluding hydrogens is 439 g/mol. The van der Waals surface area contributed by atoms with Gasteiger partial charge in [0, 0.05) is 29.2 Å². The second-order valence-corrected chi connectivity index (χ2v) is 7.44. The summed E-state index contributed by atoms with van der Waals surface area (Å²) in [5.41, 5.74) is 7.11. The molecular formula is C23H23FN8O2. The summed E-state index contributed by atoms with van der Waals surface area (Å²) in [6.45, 7) is 3.89. The van der Waals surface area contributed by atoms with Gasteiger partial charge in [0.2, 0.25) is 0 Å². The fourth-order valence-electron chi connectivity index (χ4n) is 3.45. The highest BCUT2D eigenvalue weighted by atomic mass is 19.1. The van der Waals surface area contributed by atoms with Crippen LogP contribution >= 0.6 is 0 Å². The molecule has 2 heterocycles. The fourth-order valence-corrected chi connectivity index (χ4v) is 3.45. The van der Waals surface area contributed by atoms with E-state index in [-0.39, 0.29) is 28.9 Å². The second-order valence-electron chi connectivity index (χ2n) is 7.44. The number of nitrogen functional groups attached to an aromatic ring is 1. The second kappa shape index (κ2) is 9.53. The molecule has 4 rings (SSSR count). The molecule has 34 heavy (non-hydrogen) atoms. The van der Waals surface area contributed by atoms with Crippen LogP contribution in [-0.4, -0.2) is 37.2 Å². The predicted molar refractivity (Wildman–Crippen MR) is 125 cm³/mol. The van der Waals surface area contributed by atoms with Crippen LogP contribution in [0.5, 0.6) is 5.75 Å². The Bertz CT molecular complexity index is 1370. The van der Waals surface area contributed by atoms with Gasteiger partial charge >= 0.3 is 5.69 Å². The van der Waals surface area contributed by atoms with Crippen molar-refractivity contribution >= 4 is 11.5 Å². The molecule has 0 bridgehead atoms. The average Bonchev–Trinajstić information content (AvgIpc) is 3.22. The Morgan fingerprint density at radius 3 is 2.62 bits per heavy atom. The summed E-state index contributed by atoms with van der Waals surface area (Å²) < 4.78 is 22.0. The Labute approximate surface area is 194 Å². The summed E-state index contributed by atoms with van der Waals surface area (Å²) in [6.07, 6.45) is 2.98. The van der Waals surface area contributed by atoms with Gasteiger partial charge in [0.05, 0.1) is 6.61 Å². The SMILES string of the molecule is CCOc1cc(C)cc(C(Nc2ccc(C(=N)N)cc2)c2nn(-c3ncccn3)c(=O)[nH]2)c1F. The van der Waals surface area contributed by atoms with E-state index in [1.165, 1.54) is 12.4 Å². The number of aromatic nitrogens is 5. The van der Waals surface area contributed by atoms with Crippen molar-refractivity contribution in [3.63, 3.8) is 0 Å². The van der Waals surface area contributed by atoms with Crippen LogP contribution in [0.2, 0.25) is 0 Å². The van der Waals surface area contributed by atoms with Crippen molar-refractivity contribution < 1.29 is 9.13 Å². The van der Waals surface area contributed by atoms with E-state index in [1.807, 2.05) is 6.92 Å². The van der Waals surface area contributed by atoms with E-state index in [9.17, 15) is 4.79 Å². The number of anilines is 1. The van der Waals surface area contributed by atoms with E-state index < -0.39 is 17.5 Å².